The third kappa shape index (κ3) is 5.49. The van der Waals surface area contributed by atoms with Crippen molar-refractivity contribution in [2.24, 2.45) is 0 Å². The molecule has 2 amide bonds. The smallest absolute Gasteiger partial charge is 0.255 e. The second-order valence-electron chi connectivity index (χ2n) is 7.71. The maximum absolute atomic E-state index is 12.7. The van der Waals surface area contributed by atoms with Crippen LogP contribution in [0.15, 0.2) is 53.4 Å². The molecule has 1 aliphatic heterocycles. The van der Waals surface area contributed by atoms with Gasteiger partial charge in [0.15, 0.2) is 0 Å². The van der Waals surface area contributed by atoms with E-state index in [4.69, 9.17) is 4.74 Å². The maximum atomic E-state index is 12.7. The lowest BCUT2D eigenvalue weighted by Crippen LogP contribution is -2.40. The summed E-state index contributed by atoms with van der Waals surface area (Å²) in [6.07, 6.45) is 2.41. The predicted molar refractivity (Wildman–Crippen MR) is 115 cm³/mol. The Balaban J connectivity index is 1.35. The Morgan fingerprint density at radius 2 is 1.61 bits per heavy atom. The van der Waals surface area contributed by atoms with Gasteiger partial charge in [0, 0.05) is 30.4 Å². The fourth-order valence-electron chi connectivity index (χ4n) is 3.32. The minimum atomic E-state index is -3.59. The Bertz CT molecular complexity index is 1040. The molecule has 2 aromatic carbocycles. The molecule has 1 saturated heterocycles. The number of rotatable bonds is 7. The van der Waals surface area contributed by atoms with Gasteiger partial charge in [-0.1, -0.05) is 12.1 Å². The monoisotopic (exact) mass is 443 g/mol. The van der Waals surface area contributed by atoms with Gasteiger partial charge in [0.05, 0.1) is 24.5 Å². The molecule has 9 heteroatoms. The number of nitrogens with one attached hydrogen (secondary N) is 2. The Hall–Kier alpha value is -2.75. The van der Waals surface area contributed by atoms with E-state index in [0.29, 0.717) is 50.0 Å². The molecule has 1 saturated carbocycles. The lowest BCUT2D eigenvalue weighted by atomic mass is 10.1. The van der Waals surface area contributed by atoms with Gasteiger partial charge in [0.2, 0.25) is 15.9 Å². The van der Waals surface area contributed by atoms with E-state index in [1.54, 1.807) is 24.3 Å². The van der Waals surface area contributed by atoms with Gasteiger partial charge >= 0.3 is 0 Å². The standard InChI is InChI=1S/C22H25N3O5S/c26-21(23-18-7-8-18)15-16-1-5-19(6-2-16)24-22(27)17-3-9-20(10-4-17)31(28,29)25-11-13-30-14-12-25/h1-6,9-10,18H,7-8,11-15H2,(H,23,26)(H,24,27). The maximum Gasteiger partial charge on any atom is 0.255 e. The van der Waals surface area contributed by atoms with Crippen molar-refractivity contribution in [3.63, 3.8) is 0 Å². The molecule has 2 aromatic rings. The van der Waals surface area contributed by atoms with Gasteiger partial charge in [-0.3, -0.25) is 9.59 Å². The number of carbonyl (C=O) groups is 2. The van der Waals surface area contributed by atoms with Crippen LogP contribution in [0.3, 0.4) is 0 Å². The zero-order chi connectivity index (χ0) is 21.8. The molecule has 2 fully saturated rings. The van der Waals surface area contributed by atoms with Gasteiger partial charge in [0.1, 0.15) is 0 Å². The first-order chi connectivity index (χ1) is 14.9. The molecule has 0 bridgehead atoms. The molecule has 0 unspecified atom stereocenters. The minimum absolute atomic E-state index is 0.00593. The highest BCUT2D eigenvalue weighted by molar-refractivity contribution is 7.89. The highest BCUT2D eigenvalue weighted by Gasteiger charge is 2.26. The number of anilines is 1. The Kier molecular flexibility index (Phi) is 6.35. The normalized spacial score (nSPS) is 17.2. The molecule has 0 radical (unpaired) electrons. The summed E-state index contributed by atoms with van der Waals surface area (Å²) in [5.41, 5.74) is 1.82. The number of sulfonamides is 1. The van der Waals surface area contributed by atoms with Gasteiger partial charge in [0.25, 0.3) is 5.91 Å². The summed E-state index contributed by atoms with van der Waals surface area (Å²) in [6.45, 7) is 1.40. The zero-order valence-corrected chi connectivity index (χ0v) is 17.9. The molecular weight excluding hydrogens is 418 g/mol. The highest BCUT2D eigenvalue weighted by atomic mass is 32.2. The second-order valence-corrected chi connectivity index (χ2v) is 9.65. The van der Waals surface area contributed by atoms with Crippen molar-refractivity contribution in [1.82, 2.24) is 9.62 Å². The van der Waals surface area contributed by atoms with Crippen molar-refractivity contribution in [3.05, 3.63) is 59.7 Å². The summed E-state index contributed by atoms with van der Waals surface area (Å²) in [6, 6.07) is 13.3. The van der Waals surface area contributed by atoms with Crippen LogP contribution in [0.2, 0.25) is 0 Å². The van der Waals surface area contributed by atoms with Crippen molar-refractivity contribution < 1.29 is 22.7 Å². The van der Waals surface area contributed by atoms with Crippen molar-refractivity contribution in [3.8, 4) is 0 Å². The van der Waals surface area contributed by atoms with E-state index in [2.05, 4.69) is 10.6 Å². The first-order valence-corrected chi connectivity index (χ1v) is 11.7. The van der Waals surface area contributed by atoms with Gasteiger partial charge in [-0.15, -0.1) is 0 Å². The number of nitrogens with zero attached hydrogens (tertiary/aromatic N) is 1. The van der Waals surface area contributed by atoms with E-state index in [-0.39, 0.29) is 16.7 Å². The summed E-state index contributed by atoms with van der Waals surface area (Å²) in [5.74, 6) is -0.332. The van der Waals surface area contributed by atoms with Crippen LogP contribution in [0, 0.1) is 0 Å². The first-order valence-electron chi connectivity index (χ1n) is 10.3. The number of benzene rings is 2. The van der Waals surface area contributed by atoms with Crippen LogP contribution < -0.4 is 10.6 Å². The van der Waals surface area contributed by atoms with Crippen molar-refractivity contribution in [1.29, 1.82) is 0 Å². The number of hydrogen-bond acceptors (Lipinski definition) is 5. The van der Waals surface area contributed by atoms with E-state index in [1.807, 2.05) is 0 Å². The van der Waals surface area contributed by atoms with Crippen LogP contribution in [0.1, 0.15) is 28.8 Å². The van der Waals surface area contributed by atoms with Gasteiger partial charge in [-0.05, 0) is 54.8 Å². The molecule has 0 spiro atoms. The van der Waals surface area contributed by atoms with E-state index in [0.717, 1.165) is 18.4 Å². The molecule has 1 heterocycles. The van der Waals surface area contributed by atoms with E-state index in [1.165, 1.54) is 28.6 Å². The average molecular weight is 444 g/mol. The molecule has 0 atom stereocenters. The number of ether oxygens (including phenoxy) is 1. The summed E-state index contributed by atoms with van der Waals surface area (Å²) in [7, 11) is -3.59. The van der Waals surface area contributed by atoms with Crippen molar-refractivity contribution in [2.75, 3.05) is 31.6 Å². The molecule has 0 aromatic heterocycles. The number of carbonyl (C=O) groups excluding carboxylic acids is 2. The number of hydrogen-bond donors (Lipinski definition) is 2. The summed E-state index contributed by atoms with van der Waals surface area (Å²) >= 11 is 0. The molecule has 164 valence electrons. The van der Waals surface area contributed by atoms with Crippen LogP contribution in [0.4, 0.5) is 5.69 Å². The van der Waals surface area contributed by atoms with Gasteiger partial charge in [-0.25, -0.2) is 8.42 Å². The molecule has 1 aliphatic carbocycles. The average Bonchev–Trinajstić information content (AvgIpc) is 3.59. The third-order valence-corrected chi connectivity index (χ3v) is 7.16. The molecule has 31 heavy (non-hydrogen) atoms. The second kappa shape index (κ2) is 9.17. The van der Waals surface area contributed by atoms with E-state index in [9.17, 15) is 18.0 Å². The largest absolute Gasteiger partial charge is 0.379 e. The van der Waals surface area contributed by atoms with Crippen LogP contribution >= 0.6 is 0 Å². The van der Waals surface area contributed by atoms with Crippen LogP contribution in [-0.2, 0) is 26.0 Å². The third-order valence-electron chi connectivity index (χ3n) is 5.24. The number of morpholine rings is 1. The van der Waals surface area contributed by atoms with Crippen molar-refractivity contribution in [2.45, 2.75) is 30.2 Å². The fraction of sp³-hybridized carbons (Fsp3) is 0.364. The molecule has 8 nitrogen and oxygen atoms in total. The van der Waals surface area contributed by atoms with Crippen molar-refractivity contribution >= 4 is 27.5 Å². The zero-order valence-electron chi connectivity index (χ0n) is 17.0. The number of amides is 2. The van der Waals surface area contributed by atoms with Gasteiger partial charge in [-0.2, -0.15) is 4.31 Å². The summed E-state index contributed by atoms with van der Waals surface area (Å²) in [5, 5.41) is 5.73. The summed E-state index contributed by atoms with van der Waals surface area (Å²) < 4.78 is 31.9. The molecule has 4 rings (SSSR count). The van der Waals surface area contributed by atoms with Crippen LogP contribution in [-0.4, -0.2) is 56.9 Å². The molecule has 2 N–H and O–H groups in total. The lowest BCUT2D eigenvalue weighted by Gasteiger charge is -2.26. The Morgan fingerprint density at radius 3 is 2.23 bits per heavy atom. The van der Waals surface area contributed by atoms with E-state index < -0.39 is 10.0 Å². The van der Waals surface area contributed by atoms with Crippen LogP contribution in [0.5, 0.6) is 0 Å². The molecular formula is C22H25N3O5S. The van der Waals surface area contributed by atoms with Crippen LogP contribution in [0.25, 0.3) is 0 Å². The fourth-order valence-corrected chi connectivity index (χ4v) is 4.72. The Labute approximate surface area is 181 Å². The quantitative estimate of drug-likeness (QED) is 0.679. The highest BCUT2D eigenvalue weighted by Crippen LogP contribution is 2.20. The van der Waals surface area contributed by atoms with Gasteiger partial charge < -0.3 is 15.4 Å². The SMILES string of the molecule is O=C(Cc1ccc(NC(=O)c2ccc(S(=O)(=O)N3CCOCC3)cc2)cc1)NC1CC1. The minimum Gasteiger partial charge on any atom is -0.379 e. The first kappa shape index (κ1) is 21.5. The lowest BCUT2D eigenvalue weighted by molar-refractivity contribution is -0.120. The summed E-state index contributed by atoms with van der Waals surface area (Å²) in [4.78, 5) is 24.5. The Morgan fingerprint density at radius 1 is 0.968 bits per heavy atom. The topological polar surface area (TPSA) is 105 Å². The van der Waals surface area contributed by atoms with E-state index >= 15 is 0 Å². The molecule has 2 aliphatic rings. The predicted octanol–water partition coefficient (Wildman–Crippen LogP) is 1.78.